The molecule has 1 fully saturated rings. The summed E-state index contributed by atoms with van der Waals surface area (Å²) in [6.45, 7) is 3.00. The predicted octanol–water partition coefficient (Wildman–Crippen LogP) is 1.76. The molecule has 6 nitrogen and oxygen atoms in total. The Morgan fingerprint density at radius 1 is 1.13 bits per heavy atom. The van der Waals surface area contributed by atoms with Crippen LogP contribution in [0.3, 0.4) is 0 Å². The minimum atomic E-state index is -3.73. The van der Waals surface area contributed by atoms with E-state index in [0.717, 1.165) is 25.7 Å². The van der Waals surface area contributed by atoms with Crippen molar-refractivity contribution in [3.05, 3.63) is 24.3 Å². The van der Waals surface area contributed by atoms with E-state index in [0.29, 0.717) is 18.8 Å². The van der Waals surface area contributed by atoms with Gasteiger partial charge in [0.1, 0.15) is 5.75 Å². The first kappa shape index (κ1) is 17.7. The quantitative estimate of drug-likeness (QED) is 0.886. The van der Waals surface area contributed by atoms with E-state index < -0.39 is 16.1 Å². The molecule has 1 aromatic rings. The van der Waals surface area contributed by atoms with Crippen molar-refractivity contribution in [2.45, 2.75) is 43.5 Å². The Morgan fingerprint density at radius 3 is 2.22 bits per heavy atom. The van der Waals surface area contributed by atoms with E-state index in [9.17, 15) is 13.2 Å². The van der Waals surface area contributed by atoms with Crippen LogP contribution in [0, 0.1) is 0 Å². The van der Waals surface area contributed by atoms with Gasteiger partial charge in [0.15, 0.2) is 0 Å². The normalized spacial score (nSPS) is 17.4. The largest absolute Gasteiger partial charge is 0.497 e. The average molecular weight is 340 g/mol. The van der Waals surface area contributed by atoms with Gasteiger partial charge in [-0.15, -0.1) is 0 Å². The van der Waals surface area contributed by atoms with Crippen LogP contribution in [0.4, 0.5) is 0 Å². The molecule has 0 saturated carbocycles. The summed E-state index contributed by atoms with van der Waals surface area (Å²) in [6.07, 6.45) is 4.19. The molecule has 1 aliphatic rings. The third kappa shape index (κ3) is 4.68. The standard InChI is InChI=1S/C16H24N2O4S/c1-13(16(19)18-11-5-3-4-6-12-18)17-23(20,21)15-9-7-14(22-2)8-10-15/h7-10,13,17H,3-6,11-12H2,1-2H3/t13-/m0/s1. The molecule has 1 atom stereocenters. The van der Waals surface area contributed by atoms with Gasteiger partial charge in [0, 0.05) is 13.1 Å². The number of sulfonamides is 1. The van der Waals surface area contributed by atoms with Gasteiger partial charge < -0.3 is 9.64 Å². The Morgan fingerprint density at radius 2 is 1.70 bits per heavy atom. The van der Waals surface area contributed by atoms with Crippen LogP contribution in [0.15, 0.2) is 29.2 Å². The Labute approximate surface area is 137 Å². The van der Waals surface area contributed by atoms with Crippen molar-refractivity contribution < 1.29 is 17.9 Å². The zero-order valence-electron chi connectivity index (χ0n) is 13.6. The van der Waals surface area contributed by atoms with Crippen molar-refractivity contribution in [2.24, 2.45) is 0 Å². The number of ether oxygens (including phenoxy) is 1. The molecule has 0 unspecified atom stereocenters. The topological polar surface area (TPSA) is 75.7 Å². The molecule has 128 valence electrons. The Kier molecular flexibility index (Phi) is 6.01. The van der Waals surface area contributed by atoms with Gasteiger partial charge in [0.05, 0.1) is 18.0 Å². The summed E-state index contributed by atoms with van der Waals surface area (Å²) >= 11 is 0. The SMILES string of the molecule is COc1ccc(S(=O)(=O)N[C@@H](C)C(=O)N2CCCCCC2)cc1. The van der Waals surface area contributed by atoms with Gasteiger partial charge in [-0.3, -0.25) is 4.79 Å². The number of hydrogen-bond donors (Lipinski definition) is 1. The minimum absolute atomic E-state index is 0.119. The summed E-state index contributed by atoms with van der Waals surface area (Å²) in [7, 11) is -2.21. The first-order valence-corrected chi connectivity index (χ1v) is 9.37. The van der Waals surface area contributed by atoms with Gasteiger partial charge in [-0.2, -0.15) is 4.72 Å². The molecular formula is C16H24N2O4S. The molecule has 23 heavy (non-hydrogen) atoms. The minimum Gasteiger partial charge on any atom is -0.497 e. The van der Waals surface area contributed by atoms with Crippen molar-refractivity contribution in [1.29, 1.82) is 0 Å². The van der Waals surface area contributed by atoms with E-state index in [4.69, 9.17) is 4.74 Å². The second-order valence-corrected chi connectivity index (χ2v) is 7.47. The maximum absolute atomic E-state index is 12.4. The number of nitrogens with zero attached hydrogens (tertiary/aromatic N) is 1. The van der Waals surface area contributed by atoms with Crippen LogP contribution in [-0.2, 0) is 14.8 Å². The molecule has 0 aliphatic carbocycles. The van der Waals surface area contributed by atoms with Gasteiger partial charge in [-0.1, -0.05) is 12.8 Å². The van der Waals surface area contributed by atoms with Gasteiger partial charge in [0.2, 0.25) is 15.9 Å². The smallest absolute Gasteiger partial charge is 0.241 e. The first-order valence-electron chi connectivity index (χ1n) is 7.89. The highest BCUT2D eigenvalue weighted by molar-refractivity contribution is 7.89. The lowest BCUT2D eigenvalue weighted by Crippen LogP contribution is -2.47. The Balaban J connectivity index is 2.04. The zero-order chi connectivity index (χ0) is 16.9. The number of hydrogen-bond acceptors (Lipinski definition) is 4. The number of carbonyl (C=O) groups excluding carboxylic acids is 1. The number of nitrogens with one attached hydrogen (secondary N) is 1. The predicted molar refractivity (Wildman–Crippen MR) is 87.8 cm³/mol. The van der Waals surface area contributed by atoms with Crippen LogP contribution in [0.1, 0.15) is 32.6 Å². The Hall–Kier alpha value is -1.60. The van der Waals surface area contributed by atoms with Crippen molar-refractivity contribution in [3.8, 4) is 5.75 Å². The van der Waals surface area contributed by atoms with Crippen LogP contribution in [0.5, 0.6) is 5.75 Å². The van der Waals surface area contributed by atoms with E-state index in [1.165, 1.54) is 19.2 Å². The average Bonchev–Trinajstić information content (AvgIpc) is 2.83. The molecule has 0 radical (unpaired) electrons. The molecule has 1 heterocycles. The third-order valence-corrected chi connectivity index (χ3v) is 5.55. The summed E-state index contributed by atoms with van der Waals surface area (Å²) in [6, 6.07) is 5.31. The molecule has 1 saturated heterocycles. The van der Waals surface area contributed by atoms with Crippen molar-refractivity contribution in [2.75, 3.05) is 20.2 Å². The maximum atomic E-state index is 12.4. The molecular weight excluding hydrogens is 316 g/mol. The van der Waals surface area contributed by atoms with Crippen LogP contribution >= 0.6 is 0 Å². The first-order chi connectivity index (χ1) is 10.9. The molecule has 1 amide bonds. The summed E-state index contributed by atoms with van der Waals surface area (Å²) in [5.74, 6) is 0.418. The molecule has 7 heteroatoms. The number of methoxy groups -OCH3 is 1. The van der Waals surface area contributed by atoms with E-state index in [1.807, 2.05) is 0 Å². The molecule has 2 rings (SSSR count). The van der Waals surface area contributed by atoms with Crippen molar-refractivity contribution in [1.82, 2.24) is 9.62 Å². The third-order valence-electron chi connectivity index (χ3n) is 3.99. The van der Waals surface area contributed by atoms with E-state index in [2.05, 4.69) is 4.72 Å². The fraction of sp³-hybridized carbons (Fsp3) is 0.562. The van der Waals surface area contributed by atoms with E-state index in [1.54, 1.807) is 24.0 Å². The number of amides is 1. The fourth-order valence-corrected chi connectivity index (χ4v) is 3.87. The van der Waals surface area contributed by atoms with Gasteiger partial charge in [-0.05, 0) is 44.0 Å². The summed E-state index contributed by atoms with van der Waals surface area (Å²) in [5.41, 5.74) is 0. The second kappa shape index (κ2) is 7.79. The highest BCUT2D eigenvalue weighted by Gasteiger charge is 2.26. The lowest BCUT2D eigenvalue weighted by atomic mass is 10.2. The molecule has 1 aliphatic heterocycles. The second-order valence-electron chi connectivity index (χ2n) is 5.76. The van der Waals surface area contributed by atoms with E-state index in [-0.39, 0.29) is 10.8 Å². The van der Waals surface area contributed by atoms with Crippen molar-refractivity contribution in [3.63, 3.8) is 0 Å². The van der Waals surface area contributed by atoms with Crippen LogP contribution < -0.4 is 9.46 Å². The number of carbonyl (C=O) groups is 1. The molecule has 0 bridgehead atoms. The fourth-order valence-electron chi connectivity index (χ4n) is 2.67. The molecule has 1 aromatic carbocycles. The van der Waals surface area contributed by atoms with Gasteiger partial charge >= 0.3 is 0 Å². The van der Waals surface area contributed by atoms with Crippen molar-refractivity contribution >= 4 is 15.9 Å². The van der Waals surface area contributed by atoms with Crippen LogP contribution in [-0.4, -0.2) is 45.5 Å². The highest BCUT2D eigenvalue weighted by atomic mass is 32.2. The zero-order valence-corrected chi connectivity index (χ0v) is 14.4. The summed E-state index contributed by atoms with van der Waals surface area (Å²) < 4.78 is 32.2. The van der Waals surface area contributed by atoms with Crippen LogP contribution in [0.25, 0.3) is 0 Å². The molecule has 1 N–H and O–H groups in total. The van der Waals surface area contributed by atoms with Gasteiger partial charge in [-0.25, -0.2) is 8.42 Å². The number of benzene rings is 1. The lowest BCUT2D eigenvalue weighted by Gasteiger charge is -2.24. The maximum Gasteiger partial charge on any atom is 0.241 e. The summed E-state index contributed by atoms with van der Waals surface area (Å²) in [5, 5.41) is 0. The van der Waals surface area contributed by atoms with Crippen LogP contribution in [0.2, 0.25) is 0 Å². The van der Waals surface area contributed by atoms with Gasteiger partial charge in [0.25, 0.3) is 0 Å². The lowest BCUT2D eigenvalue weighted by molar-refractivity contribution is -0.132. The Bertz CT molecular complexity index is 620. The molecule has 0 aromatic heterocycles. The number of likely N-dealkylation sites (tertiary alicyclic amines) is 1. The number of rotatable bonds is 5. The summed E-state index contributed by atoms with van der Waals surface area (Å²) in [4.78, 5) is 14.3. The molecule has 0 spiro atoms. The van der Waals surface area contributed by atoms with E-state index >= 15 is 0 Å². The highest BCUT2D eigenvalue weighted by Crippen LogP contribution is 2.16. The monoisotopic (exact) mass is 340 g/mol.